The van der Waals surface area contributed by atoms with Crippen LogP contribution in [0.3, 0.4) is 0 Å². The Bertz CT molecular complexity index is 839. The van der Waals surface area contributed by atoms with Gasteiger partial charge in [0.05, 0.1) is 17.3 Å². The van der Waals surface area contributed by atoms with Gasteiger partial charge in [-0.05, 0) is 25.1 Å². The molecule has 0 bridgehead atoms. The minimum Gasteiger partial charge on any atom is -0.393 e. The van der Waals surface area contributed by atoms with Crippen molar-refractivity contribution in [1.29, 1.82) is 0 Å². The zero-order valence-electron chi connectivity index (χ0n) is 15.5. The Labute approximate surface area is 168 Å². The maximum Gasteiger partial charge on any atom is 0.321 e. The second-order valence-electron chi connectivity index (χ2n) is 7.05. The fourth-order valence-electron chi connectivity index (χ4n) is 3.21. The largest absolute Gasteiger partial charge is 0.393 e. The van der Waals surface area contributed by atoms with Crippen molar-refractivity contribution in [3.8, 4) is 0 Å². The molecule has 3 N–H and O–H groups in total. The van der Waals surface area contributed by atoms with E-state index in [9.17, 15) is 9.90 Å². The standard InChI is InChI=1S/C20H23ClFN3O3/c1-13-2-4-15(5-3-13)24-19(28)25-8-6-20(22,7-9-25)18-16(21)10-14(11-23-18)17(27)12-26/h2-5,10-11,17,26-27H,6-9,12H2,1H3,(H,24,28)/t17-/m1/s1. The molecule has 6 nitrogen and oxygen atoms in total. The summed E-state index contributed by atoms with van der Waals surface area (Å²) in [5.41, 5.74) is 0.465. The van der Waals surface area contributed by atoms with E-state index in [1.807, 2.05) is 31.2 Å². The number of carbonyl (C=O) groups is 1. The van der Waals surface area contributed by atoms with Crippen LogP contribution in [0.1, 0.15) is 35.8 Å². The van der Waals surface area contributed by atoms with Crippen molar-refractivity contribution < 1.29 is 19.4 Å². The summed E-state index contributed by atoms with van der Waals surface area (Å²) in [5.74, 6) is 0. The molecule has 2 heterocycles. The first-order valence-electron chi connectivity index (χ1n) is 9.09. The van der Waals surface area contributed by atoms with Gasteiger partial charge in [-0.25, -0.2) is 9.18 Å². The van der Waals surface area contributed by atoms with Gasteiger partial charge in [0.25, 0.3) is 0 Å². The van der Waals surface area contributed by atoms with Crippen molar-refractivity contribution in [2.24, 2.45) is 0 Å². The van der Waals surface area contributed by atoms with E-state index in [1.54, 1.807) is 4.90 Å². The molecule has 28 heavy (non-hydrogen) atoms. The van der Waals surface area contributed by atoms with Crippen molar-refractivity contribution in [2.75, 3.05) is 25.0 Å². The van der Waals surface area contributed by atoms with E-state index >= 15 is 4.39 Å². The first-order valence-corrected chi connectivity index (χ1v) is 9.46. The monoisotopic (exact) mass is 407 g/mol. The molecule has 0 saturated carbocycles. The molecule has 3 rings (SSSR count). The highest BCUT2D eigenvalue weighted by Gasteiger charge is 2.40. The van der Waals surface area contributed by atoms with Crippen molar-refractivity contribution in [3.63, 3.8) is 0 Å². The SMILES string of the molecule is Cc1ccc(NC(=O)N2CCC(F)(c3ncc([C@H](O)CO)cc3Cl)CC2)cc1. The predicted octanol–water partition coefficient (Wildman–Crippen LogP) is 3.56. The maximum atomic E-state index is 15.5. The normalized spacial score (nSPS) is 17.2. The maximum absolute atomic E-state index is 15.5. The number of hydrogen-bond acceptors (Lipinski definition) is 4. The number of benzene rings is 1. The fraction of sp³-hybridized carbons (Fsp3) is 0.400. The molecule has 1 fully saturated rings. The molecular formula is C20H23ClFN3O3. The number of hydrogen-bond donors (Lipinski definition) is 3. The van der Waals surface area contributed by atoms with Gasteiger partial charge in [0.2, 0.25) is 0 Å². The first kappa shape index (κ1) is 20.5. The number of rotatable bonds is 4. The molecule has 1 aromatic heterocycles. The van der Waals surface area contributed by atoms with Gasteiger partial charge >= 0.3 is 6.03 Å². The molecular weight excluding hydrogens is 385 g/mol. The van der Waals surface area contributed by atoms with Gasteiger partial charge in [-0.1, -0.05) is 29.3 Å². The Hall–Kier alpha value is -2.22. The van der Waals surface area contributed by atoms with E-state index < -0.39 is 18.4 Å². The van der Waals surface area contributed by atoms with Crippen LogP contribution in [0.4, 0.5) is 14.9 Å². The molecule has 150 valence electrons. The highest BCUT2D eigenvalue weighted by atomic mass is 35.5. The number of aliphatic hydroxyl groups excluding tert-OH is 2. The molecule has 0 aliphatic carbocycles. The van der Waals surface area contributed by atoms with Crippen LogP contribution in [-0.4, -0.2) is 45.8 Å². The first-order chi connectivity index (χ1) is 13.3. The van der Waals surface area contributed by atoms with Crippen LogP contribution in [0, 0.1) is 6.92 Å². The summed E-state index contributed by atoms with van der Waals surface area (Å²) in [6.45, 7) is 1.96. The average Bonchev–Trinajstić information content (AvgIpc) is 2.69. The Morgan fingerprint density at radius 3 is 2.57 bits per heavy atom. The number of aryl methyl sites for hydroxylation is 1. The predicted molar refractivity (Wildman–Crippen MR) is 105 cm³/mol. The molecule has 0 radical (unpaired) electrons. The van der Waals surface area contributed by atoms with E-state index in [0.29, 0.717) is 11.3 Å². The van der Waals surface area contributed by atoms with Gasteiger partial charge in [0.15, 0.2) is 5.67 Å². The number of alkyl halides is 1. The lowest BCUT2D eigenvalue weighted by atomic mass is 9.89. The summed E-state index contributed by atoms with van der Waals surface area (Å²) >= 11 is 6.18. The number of halogens is 2. The van der Waals surface area contributed by atoms with E-state index in [1.165, 1.54) is 12.3 Å². The summed E-state index contributed by atoms with van der Waals surface area (Å²) in [6.07, 6.45) is 0.355. The number of nitrogens with one attached hydrogen (secondary N) is 1. The zero-order valence-corrected chi connectivity index (χ0v) is 16.3. The number of aliphatic hydroxyl groups is 2. The minimum absolute atomic E-state index is 0.0724. The van der Waals surface area contributed by atoms with Crippen LogP contribution in [0.2, 0.25) is 5.02 Å². The summed E-state index contributed by atoms with van der Waals surface area (Å²) < 4.78 is 15.5. The Balaban J connectivity index is 1.65. The lowest BCUT2D eigenvalue weighted by Gasteiger charge is -2.36. The number of carbonyl (C=O) groups excluding carboxylic acids is 1. The lowest BCUT2D eigenvalue weighted by molar-refractivity contribution is 0.0679. The number of nitrogens with zero attached hydrogens (tertiary/aromatic N) is 2. The Morgan fingerprint density at radius 1 is 1.36 bits per heavy atom. The van der Waals surface area contributed by atoms with Crippen LogP contribution in [0.15, 0.2) is 36.5 Å². The molecule has 0 unspecified atom stereocenters. The second-order valence-corrected chi connectivity index (χ2v) is 7.45. The number of anilines is 1. The highest BCUT2D eigenvalue weighted by Crippen LogP contribution is 2.39. The molecule has 1 aliphatic rings. The molecule has 0 spiro atoms. The number of likely N-dealkylation sites (tertiary alicyclic amines) is 1. The highest BCUT2D eigenvalue weighted by molar-refractivity contribution is 6.31. The van der Waals surface area contributed by atoms with E-state index in [4.69, 9.17) is 16.7 Å². The van der Waals surface area contributed by atoms with Gasteiger partial charge < -0.3 is 20.4 Å². The van der Waals surface area contributed by atoms with Crippen LogP contribution in [0.5, 0.6) is 0 Å². The molecule has 1 saturated heterocycles. The van der Waals surface area contributed by atoms with Crippen molar-refractivity contribution in [2.45, 2.75) is 31.5 Å². The fourth-order valence-corrected chi connectivity index (χ4v) is 3.55. The summed E-state index contributed by atoms with van der Waals surface area (Å²) in [5, 5.41) is 21.6. The molecule has 1 aliphatic heterocycles. The van der Waals surface area contributed by atoms with Gasteiger partial charge in [0, 0.05) is 43.4 Å². The minimum atomic E-state index is -1.75. The van der Waals surface area contributed by atoms with Crippen LogP contribution < -0.4 is 5.32 Å². The number of urea groups is 1. The third kappa shape index (κ3) is 4.43. The third-order valence-electron chi connectivity index (χ3n) is 4.99. The Morgan fingerprint density at radius 2 is 2.00 bits per heavy atom. The summed E-state index contributed by atoms with van der Waals surface area (Å²) in [4.78, 5) is 18.1. The number of aromatic nitrogens is 1. The average molecular weight is 408 g/mol. The second kappa shape index (κ2) is 8.43. The van der Waals surface area contributed by atoms with E-state index in [2.05, 4.69) is 10.3 Å². The summed E-state index contributed by atoms with van der Waals surface area (Å²) in [6, 6.07) is 8.60. The third-order valence-corrected chi connectivity index (χ3v) is 5.28. The molecule has 1 atom stereocenters. The number of amides is 2. The topological polar surface area (TPSA) is 85.7 Å². The van der Waals surface area contributed by atoms with E-state index in [-0.39, 0.29) is 42.7 Å². The number of piperidine rings is 1. The Kier molecular flexibility index (Phi) is 6.17. The van der Waals surface area contributed by atoms with Gasteiger partial charge in [0.1, 0.15) is 6.10 Å². The molecule has 8 heteroatoms. The van der Waals surface area contributed by atoms with Gasteiger partial charge in [-0.15, -0.1) is 0 Å². The van der Waals surface area contributed by atoms with Crippen molar-refractivity contribution in [1.82, 2.24) is 9.88 Å². The molecule has 1 aromatic carbocycles. The van der Waals surface area contributed by atoms with E-state index in [0.717, 1.165) is 5.56 Å². The van der Waals surface area contributed by atoms with Crippen LogP contribution in [-0.2, 0) is 5.67 Å². The smallest absolute Gasteiger partial charge is 0.321 e. The van der Waals surface area contributed by atoms with Crippen LogP contribution in [0.25, 0.3) is 0 Å². The zero-order chi connectivity index (χ0) is 20.3. The number of pyridine rings is 1. The van der Waals surface area contributed by atoms with Gasteiger partial charge in [-0.3, -0.25) is 4.98 Å². The van der Waals surface area contributed by atoms with Crippen LogP contribution >= 0.6 is 11.6 Å². The van der Waals surface area contributed by atoms with Crippen molar-refractivity contribution >= 4 is 23.3 Å². The molecule has 2 amide bonds. The summed E-state index contributed by atoms with van der Waals surface area (Å²) in [7, 11) is 0. The van der Waals surface area contributed by atoms with Crippen molar-refractivity contribution in [3.05, 3.63) is 58.4 Å². The lowest BCUT2D eigenvalue weighted by Crippen LogP contribution is -2.45. The molecule has 2 aromatic rings. The van der Waals surface area contributed by atoms with Gasteiger partial charge in [-0.2, -0.15) is 0 Å². The quantitative estimate of drug-likeness (QED) is 0.723.